The van der Waals surface area contributed by atoms with Crippen molar-refractivity contribution in [2.75, 3.05) is 20.1 Å². The third kappa shape index (κ3) is 6.44. The molecule has 1 heterocycles. The molecule has 4 heteroatoms. The summed E-state index contributed by atoms with van der Waals surface area (Å²) in [4.78, 5) is 12.9. The van der Waals surface area contributed by atoms with Gasteiger partial charge < -0.3 is 10.6 Å². The van der Waals surface area contributed by atoms with Gasteiger partial charge in [-0.1, -0.05) is 13.0 Å². The highest BCUT2D eigenvalue weighted by Crippen LogP contribution is 2.13. The van der Waals surface area contributed by atoms with Crippen molar-refractivity contribution in [1.82, 2.24) is 10.6 Å². The highest BCUT2D eigenvalue weighted by molar-refractivity contribution is 7.09. The molecular formula is C13H22N2OS. The summed E-state index contributed by atoms with van der Waals surface area (Å²) < 4.78 is 0. The highest BCUT2D eigenvalue weighted by Gasteiger charge is 2.06. The Balaban J connectivity index is 2.10. The van der Waals surface area contributed by atoms with E-state index in [-0.39, 0.29) is 5.91 Å². The molecule has 0 fully saturated rings. The van der Waals surface area contributed by atoms with E-state index in [4.69, 9.17) is 0 Å². The number of hydrogen-bond acceptors (Lipinski definition) is 3. The molecular weight excluding hydrogens is 232 g/mol. The summed E-state index contributed by atoms with van der Waals surface area (Å²) >= 11 is 1.78. The molecule has 17 heavy (non-hydrogen) atoms. The highest BCUT2D eigenvalue weighted by atomic mass is 32.1. The maximum atomic E-state index is 11.5. The zero-order valence-corrected chi connectivity index (χ0v) is 11.5. The number of carbonyl (C=O) groups is 1. The van der Waals surface area contributed by atoms with Crippen LogP contribution in [0.5, 0.6) is 0 Å². The Labute approximate surface area is 108 Å². The second-order valence-electron chi connectivity index (χ2n) is 4.40. The largest absolute Gasteiger partial charge is 0.356 e. The van der Waals surface area contributed by atoms with E-state index in [0.29, 0.717) is 12.3 Å². The van der Waals surface area contributed by atoms with E-state index in [1.807, 2.05) is 7.05 Å². The fourth-order valence-electron chi connectivity index (χ4n) is 1.65. The van der Waals surface area contributed by atoms with Crippen molar-refractivity contribution >= 4 is 17.2 Å². The van der Waals surface area contributed by atoms with Gasteiger partial charge in [-0.3, -0.25) is 4.79 Å². The fourth-order valence-corrected chi connectivity index (χ4v) is 2.52. The molecule has 1 aromatic heterocycles. The summed E-state index contributed by atoms with van der Waals surface area (Å²) in [5.74, 6) is 0.667. The molecule has 0 radical (unpaired) electrons. The zero-order valence-electron chi connectivity index (χ0n) is 10.7. The van der Waals surface area contributed by atoms with Gasteiger partial charge in [0.2, 0.25) is 5.91 Å². The minimum absolute atomic E-state index is 0.165. The first kappa shape index (κ1) is 14.2. The second kappa shape index (κ2) is 8.25. The summed E-state index contributed by atoms with van der Waals surface area (Å²) in [6, 6.07) is 4.22. The van der Waals surface area contributed by atoms with Gasteiger partial charge in [-0.25, -0.2) is 0 Å². The molecule has 0 bridgehead atoms. The predicted octanol–water partition coefficient (Wildman–Crippen LogP) is 2.04. The van der Waals surface area contributed by atoms with Gasteiger partial charge in [0.05, 0.1) is 0 Å². The van der Waals surface area contributed by atoms with Crippen molar-refractivity contribution in [3.63, 3.8) is 0 Å². The molecule has 1 aromatic rings. The number of amides is 1. The topological polar surface area (TPSA) is 41.1 Å². The molecule has 0 saturated carbocycles. The molecule has 0 aliphatic carbocycles. The number of hydrogen-bond donors (Lipinski definition) is 2. The van der Waals surface area contributed by atoms with E-state index in [1.165, 1.54) is 4.88 Å². The van der Waals surface area contributed by atoms with Crippen LogP contribution >= 0.6 is 11.3 Å². The Morgan fingerprint density at radius 2 is 2.35 bits per heavy atom. The average Bonchev–Trinajstić information content (AvgIpc) is 2.79. The van der Waals surface area contributed by atoms with Crippen molar-refractivity contribution in [3.05, 3.63) is 22.4 Å². The molecule has 3 nitrogen and oxygen atoms in total. The Morgan fingerprint density at radius 3 is 3.00 bits per heavy atom. The summed E-state index contributed by atoms with van der Waals surface area (Å²) in [5, 5.41) is 8.13. The Kier molecular flexibility index (Phi) is 6.89. The standard InChI is InChI=1S/C13H22N2OS/c1-11(9-12-5-4-8-17-12)10-15-13(16)6-3-7-14-2/h4-5,8,11,14H,3,6-7,9-10H2,1-2H3,(H,15,16). The first-order chi connectivity index (χ1) is 8.22. The molecule has 1 unspecified atom stereocenters. The molecule has 0 spiro atoms. The van der Waals surface area contributed by atoms with E-state index >= 15 is 0 Å². The number of rotatable bonds is 8. The maximum absolute atomic E-state index is 11.5. The van der Waals surface area contributed by atoms with E-state index in [9.17, 15) is 4.79 Å². The molecule has 0 aliphatic heterocycles. The van der Waals surface area contributed by atoms with Crippen LogP contribution in [0.15, 0.2) is 17.5 Å². The van der Waals surface area contributed by atoms with Gasteiger partial charge in [-0.2, -0.15) is 0 Å². The van der Waals surface area contributed by atoms with Gasteiger partial charge in [-0.15, -0.1) is 11.3 Å². The Bertz CT molecular complexity index is 311. The monoisotopic (exact) mass is 254 g/mol. The molecule has 0 saturated heterocycles. The average molecular weight is 254 g/mol. The number of carbonyl (C=O) groups excluding carboxylic acids is 1. The van der Waals surface area contributed by atoms with Crippen LogP contribution in [0.3, 0.4) is 0 Å². The lowest BCUT2D eigenvalue weighted by Crippen LogP contribution is -2.29. The molecule has 0 aliphatic rings. The van der Waals surface area contributed by atoms with Crippen LogP contribution in [-0.2, 0) is 11.2 Å². The minimum atomic E-state index is 0.165. The van der Waals surface area contributed by atoms with E-state index in [1.54, 1.807) is 11.3 Å². The molecule has 0 aromatic carbocycles. The zero-order chi connectivity index (χ0) is 12.5. The van der Waals surface area contributed by atoms with Gasteiger partial charge >= 0.3 is 0 Å². The van der Waals surface area contributed by atoms with Crippen LogP contribution in [0.2, 0.25) is 0 Å². The van der Waals surface area contributed by atoms with Crippen molar-refractivity contribution < 1.29 is 4.79 Å². The van der Waals surface area contributed by atoms with Crippen molar-refractivity contribution in [2.45, 2.75) is 26.2 Å². The normalized spacial score (nSPS) is 12.4. The van der Waals surface area contributed by atoms with Gasteiger partial charge in [0.15, 0.2) is 0 Å². The number of nitrogens with one attached hydrogen (secondary N) is 2. The molecule has 1 rings (SSSR count). The Hall–Kier alpha value is -0.870. The SMILES string of the molecule is CNCCCC(=O)NCC(C)Cc1cccs1. The molecule has 2 N–H and O–H groups in total. The van der Waals surface area contributed by atoms with Crippen LogP contribution in [0.1, 0.15) is 24.6 Å². The third-order valence-corrected chi connectivity index (χ3v) is 3.51. The smallest absolute Gasteiger partial charge is 0.220 e. The molecule has 1 amide bonds. The van der Waals surface area contributed by atoms with Crippen molar-refractivity contribution in [1.29, 1.82) is 0 Å². The summed E-state index contributed by atoms with van der Waals surface area (Å²) in [6.45, 7) is 3.85. The third-order valence-electron chi connectivity index (χ3n) is 2.61. The fraction of sp³-hybridized carbons (Fsp3) is 0.615. The quantitative estimate of drug-likeness (QED) is 0.697. The first-order valence-electron chi connectivity index (χ1n) is 6.16. The van der Waals surface area contributed by atoms with Crippen LogP contribution in [0.25, 0.3) is 0 Å². The second-order valence-corrected chi connectivity index (χ2v) is 5.43. The van der Waals surface area contributed by atoms with E-state index in [0.717, 1.165) is 25.9 Å². The van der Waals surface area contributed by atoms with E-state index in [2.05, 4.69) is 35.1 Å². The van der Waals surface area contributed by atoms with Gasteiger partial charge in [0, 0.05) is 17.8 Å². The van der Waals surface area contributed by atoms with Crippen LogP contribution in [0, 0.1) is 5.92 Å². The minimum Gasteiger partial charge on any atom is -0.356 e. The summed E-state index contributed by atoms with van der Waals surface area (Å²) in [6.07, 6.45) is 2.57. The summed E-state index contributed by atoms with van der Waals surface area (Å²) in [7, 11) is 1.90. The Morgan fingerprint density at radius 1 is 1.53 bits per heavy atom. The van der Waals surface area contributed by atoms with Crippen LogP contribution < -0.4 is 10.6 Å². The van der Waals surface area contributed by atoms with Crippen LogP contribution in [-0.4, -0.2) is 26.0 Å². The van der Waals surface area contributed by atoms with Gasteiger partial charge in [0.1, 0.15) is 0 Å². The lowest BCUT2D eigenvalue weighted by atomic mass is 10.1. The van der Waals surface area contributed by atoms with Crippen molar-refractivity contribution in [3.8, 4) is 0 Å². The summed E-state index contributed by atoms with van der Waals surface area (Å²) in [5.41, 5.74) is 0. The molecule has 1 atom stereocenters. The maximum Gasteiger partial charge on any atom is 0.220 e. The lowest BCUT2D eigenvalue weighted by Gasteiger charge is -2.11. The van der Waals surface area contributed by atoms with Gasteiger partial charge in [0.25, 0.3) is 0 Å². The lowest BCUT2D eigenvalue weighted by molar-refractivity contribution is -0.121. The predicted molar refractivity (Wildman–Crippen MR) is 73.4 cm³/mol. The van der Waals surface area contributed by atoms with Crippen LogP contribution in [0.4, 0.5) is 0 Å². The van der Waals surface area contributed by atoms with Gasteiger partial charge in [-0.05, 0) is 43.8 Å². The van der Waals surface area contributed by atoms with E-state index < -0.39 is 0 Å². The molecule has 96 valence electrons. The number of thiophene rings is 1. The van der Waals surface area contributed by atoms with Crippen molar-refractivity contribution in [2.24, 2.45) is 5.92 Å². The first-order valence-corrected chi connectivity index (χ1v) is 7.04.